The van der Waals surface area contributed by atoms with Crippen LogP contribution in [0.1, 0.15) is 64.0 Å². The third-order valence-electron chi connectivity index (χ3n) is 3.67. The number of hydrogen-bond donors (Lipinski definition) is 2. The molecule has 4 nitrogen and oxygen atoms in total. The van der Waals surface area contributed by atoms with Crippen LogP contribution in [0.25, 0.3) is 0 Å². The van der Waals surface area contributed by atoms with Crippen LogP contribution in [-0.4, -0.2) is 15.0 Å². The Morgan fingerprint density at radius 1 is 1.14 bits per heavy atom. The van der Waals surface area contributed by atoms with Crippen molar-refractivity contribution in [2.75, 3.05) is 6.54 Å². The van der Waals surface area contributed by atoms with Gasteiger partial charge < -0.3 is 5.32 Å². The number of hydrogen-bond acceptors (Lipinski definition) is 3. The number of benzene rings is 1. The summed E-state index contributed by atoms with van der Waals surface area (Å²) in [6, 6.07) is 6.96. The Balaban J connectivity index is 2.37. The predicted octanol–water partition coefficient (Wildman–Crippen LogP) is 3.35. The molecule has 0 aromatic heterocycles. The molecular formula is C16H28N2O2S. The Morgan fingerprint density at radius 3 is 2.48 bits per heavy atom. The summed E-state index contributed by atoms with van der Waals surface area (Å²) in [4.78, 5) is 0.174. The van der Waals surface area contributed by atoms with E-state index >= 15 is 0 Å². The Kier molecular flexibility index (Phi) is 7.93. The van der Waals surface area contributed by atoms with Crippen molar-refractivity contribution >= 4 is 10.0 Å². The van der Waals surface area contributed by atoms with Gasteiger partial charge in [0.2, 0.25) is 10.0 Å². The van der Waals surface area contributed by atoms with Gasteiger partial charge >= 0.3 is 0 Å². The molecule has 0 aliphatic carbocycles. The molecule has 0 heterocycles. The Hall–Kier alpha value is -0.910. The monoisotopic (exact) mass is 312 g/mol. The first-order valence-corrected chi connectivity index (χ1v) is 9.36. The van der Waals surface area contributed by atoms with Crippen molar-refractivity contribution in [2.45, 2.75) is 63.3 Å². The highest BCUT2D eigenvalue weighted by atomic mass is 32.2. The summed E-state index contributed by atoms with van der Waals surface area (Å²) >= 11 is 0. The van der Waals surface area contributed by atoms with Crippen LogP contribution >= 0.6 is 0 Å². The Labute approximate surface area is 129 Å². The van der Waals surface area contributed by atoms with Crippen molar-refractivity contribution in [2.24, 2.45) is 5.14 Å². The fourth-order valence-corrected chi connectivity index (χ4v) is 2.87. The topological polar surface area (TPSA) is 72.2 Å². The molecule has 0 fully saturated rings. The smallest absolute Gasteiger partial charge is 0.238 e. The molecule has 21 heavy (non-hydrogen) atoms. The van der Waals surface area contributed by atoms with E-state index < -0.39 is 10.0 Å². The van der Waals surface area contributed by atoms with E-state index in [9.17, 15) is 8.42 Å². The van der Waals surface area contributed by atoms with Crippen LogP contribution in [0.2, 0.25) is 0 Å². The summed E-state index contributed by atoms with van der Waals surface area (Å²) in [6.45, 7) is 5.21. The number of nitrogens with two attached hydrogens (primary N) is 1. The van der Waals surface area contributed by atoms with E-state index in [2.05, 4.69) is 12.2 Å². The minimum absolute atomic E-state index is 0.127. The van der Waals surface area contributed by atoms with E-state index in [0.717, 1.165) is 18.5 Å². The molecule has 0 saturated carbocycles. The average molecular weight is 312 g/mol. The Bertz CT molecular complexity index is 515. The van der Waals surface area contributed by atoms with Crippen LogP contribution in [0, 0.1) is 0 Å². The molecule has 0 aliphatic heterocycles. The first-order valence-electron chi connectivity index (χ1n) is 7.81. The second kappa shape index (κ2) is 9.18. The molecule has 1 aromatic carbocycles. The van der Waals surface area contributed by atoms with Crippen molar-refractivity contribution in [3.63, 3.8) is 0 Å². The van der Waals surface area contributed by atoms with E-state index in [1.807, 2.05) is 13.0 Å². The predicted molar refractivity (Wildman–Crippen MR) is 87.6 cm³/mol. The van der Waals surface area contributed by atoms with Gasteiger partial charge in [0.15, 0.2) is 0 Å². The third-order valence-corrected chi connectivity index (χ3v) is 4.58. The third kappa shape index (κ3) is 7.07. The van der Waals surface area contributed by atoms with Crippen LogP contribution in [0.3, 0.4) is 0 Å². The van der Waals surface area contributed by atoms with Crippen molar-refractivity contribution < 1.29 is 8.42 Å². The lowest BCUT2D eigenvalue weighted by molar-refractivity contribution is 0.526. The van der Waals surface area contributed by atoms with Crippen molar-refractivity contribution in [1.29, 1.82) is 0 Å². The highest BCUT2D eigenvalue weighted by Crippen LogP contribution is 2.16. The zero-order valence-corrected chi connectivity index (χ0v) is 14.0. The lowest BCUT2D eigenvalue weighted by Gasteiger charge is -2.15. The maximum absolute atomic E-state index is 11.4. The van der Waals surface area contributed by atoms with Crippen molar-refractivity contribution in [3.05, 3.63) is 29.8 Å². The van der Waals surface area contributed by atoms with Gasteiger partial charge in [-0.05, 0) is 37.6 Å². The van der Waals surface area contributed by atoms with E-state index in [1.54, 1.807) is 12.1 Å². The van der Waals surface area contributed by atoms with Gasteiger partial charge in [-0.3, -0.25) is 0 Å². The molecule has 120 valence electrons. The second-order valence-corrected chi connectivity index (χ2v) is 7.12. The van der Waals surface area contributed by atoms with Crippen molar-refractivity contribution in [3.8, 4) is 0 Å². The number of rotatable bonds is 10. The highest BCUT2D eigenvalue weighted by molar-refractivity contribution is 7.89. The molecule has 1 aromatic rings. The molecule has 3 N–H and O–H groups in total. The van der Waals surface area contributed by atoms with Gasteiger partial charge in [-0.1, -0.05) is 51.2 Å². The molecule has 0 spiro atoms. The van der Waals surface area contributed by atoms with Gasteiger partial charge in [0.1, 0.15) is 0 Å². The number of primary sulfonamides is 1. The molecule has 0 bridgehead atoms. The van der Waals surface area contributed by atoms with Gasteiger partial charge in [0.05, 0.1) is 4.90 Å². The lowest BCUT2D eigenvalue weighted by atomic mass is 10.1. The highest BCUT2D eigenvalue weighted by Gasteiger charge is 2.11. The number of nitrogens with one attached hydrogen (secondary N) is 1. The summed E-state index contributed by atoms with van der Waals surface area (Å²) in [5.74, 6) is 0. The summed E-state index contributed by atoms with van der Waals surface area (Å²) in [5.41, 5.74) is 0.951. The maximum atomic E-state index is 11.4. The quantitative estimate of drug-likeness (QED) is 0.651. The fraction of sp³-hybridized carbons (Fsp3) is 0.625. The summed E-state index contributed by atoms with van der Waals surface area (Å²) in [5, 5.41) is 8.59. The van der Waals surface area contributed by atoms with E-state index in [1.165, 1.54) is 38.2 Å². The first kappa shape index (κ1) is 18.1. The van der Waals surface area contributed by atoms with Crippen LogP contribution in [0.15, 0.2) is 29.2 Å². The SMILES string of the molecule is CCCCCCCCNC(C)c1cccc(S(N)(=O)=O)c1. The van der Waals surface area contributed by atoms with Crippen LogP contribution in [0.4, 0.5) is 0 Å². The zero-order chi connectivity index (χ0) is 15.7. The van der Waals surface area contributed by atoms with Gasteiger partial charge in [-0.2, -0.15) is 0 Å². The molecular weight excluding hydrogens is 284 g/mol. The molecule has 0 radical (unpaired) electrons. The summed E-state index contributed by atoms with van der Waals surface area (Å²) in [7, 11) is -3.62. The Morgan fingerprint density at radius 2 is 1.81 bits per heavy atom. The number of sulfonamides is 1. The molecule has 0 aliphatic rings. The van der Waals surface area contributed by atoms with Gasteiger partial charge in [-0.15, -0.1) is 0 Å². The molecule has 1 atom stereocenters. The number of unbranched alkanes of at least 4 members (excludes halogenated alkanes) is 5. The molecule has 1 unspecified atom stereocenters. The standard InChI is InChI=1S/C16H28N2O2S/c1-3-4-5-6-7-8-12-18-14(2)15-10-9-11-16(13-15)21(17,19)20/h9-11,13-14,18H,3-8,12H2,1-2H3,(H2,17,19,20). The molecule has 0 amide bonds. The minimum Gasteiger partial charge on any atom is -0.310 e. The van der Waals surface area contributed by atoms with E-state index in [-0.39, 0.29) is 10.9 Å². The zero-order valence-electron chi connectivity index (χ0n) is 13.1. The van der Waals surface area contributed by atoms with Gasteiger partial charge in [0, 0.05) is 6.04 Å². The fourth-order valence-electron chi connectivity index (χ4n) is 2.30. The average Bonchev–Trinajstić information content (AvgIpc) is 2.45. The summed E-state index contributed by atoms with van der Waals surface area (Å²) < 4.78 is 22.7. The lowest BCUT2D eigenvalue weighted by Crippen LogP contribution is -2.20. The normalized spacial score (nSPS) is 13.3. The maximum Gasteiger partial charge on any atom is 0.238 e. The largest absolute Gasteiger partial charge is 0.310 e. The second-order valence-electron chi connectivity index (χ2n) is 5.56. The minimum atomic E-state index is -3.62. The van der Waals surface area contributed by atoms with Crippen LogP contribution in [0.5, 0.6) is 0 Å². The summed E-state index contributed by atoms with van der Waals surface area (Å²) in [6.07, 6.45) is 7.62. The van der Waals surface area contributed by atoms with Crippen LogP contribution < -0.4 is 10.5 Å². The van der Waals surface area contributed by atoms with Gasteiger partial charge in [0.25, 0.3) is 0 Å². The molecule has 5 heteroatoms. The molecule has 1 rings (SSSR count). The van der Waals surface area contributed by atoms with E-state index in [4.69, 9.17) is 5.14 Å². The van der Waals surface area contributed by atoms with E-state index in [0.29, 0.717) is 0 Å². The first-order chi connectivity index (χ1) is 9.95. The van der Waals surface area contributed by atoms with Crippen LogP contribution in [-0.2, 0) is 10.0 Å². The van der Waals surface area contributed by atoms with Gasteiger partial charge in [-0.25, -0.2) is 13.6 Å². The van der Waals surface area contributed by atoms with Crippen molar-refractivity contribution in [1.82, 2.24) is 5.32 Å². The molecule has 0 saturated heterocycles.